The standard InChI is InChI=1S/C27H27N7O2/c1-3-14-34-27(31-32-33-34)26(25-16-22(35-2)10-11-24(25)18-4-5-18)30-19-6-8-21(9-7-19)36-23-12-13-29-20(15-23)17-28/h6-13,15-16,18,26,30H,3-5,14H2,1-2H3. The minimum Gasteiger partial charge on any atom is -0.497 e. The van der Waals surface area contributed by atoms with Crippen LogP contribution in [0.2, 0.25) is 0 Å². The lowest BCUT2D eigenvalue weighted by Gasteiger charge is -2.23. The van der Waals surface area contributed by atoms with Gasteiger partial charge in [-0.3, -0.25) is 0 Å². The van der Waals surface area contributed by atoms with Gasteiger partial charge in [-0.2, -0.15) is 5.26 Å². The van der Waals surface area contributed by atoms with Gasteiger partial charge in [0.15, 0.2) is 5.82 Å². The second-order valence-corrected chi connectivity index (χ2v) is 8.72. The van der Waals surface area contributed by atoms with Crippen LogP contribution in [0.4, 0.5) is 5.69 Å². The average molecular weight is 482 g/mol. The fraction of sp³-hybridized carbons (Fsp3) is 0.296. The predicted octanol–water partition coefficient (Wildman–Crippen LogP) is 5.23. The minimum atomic E-state index is -0.262. The molecular formula is C27H27N7O2. The summed E-state index contributed by atoms with van der Waals surface area (Å²) in [4.78, 5) is 3.98. The first kappa shape index (κ1) is 23.3. The normalized spacial score (nSPS) is 13.6. The Labute approximate surface area is 209 Å². The van der Waals surface area contributed by atoms with Gasteiger partial charge in [0, 0.05) is 24.5 Å². The number of hydrogen-bond acceptors (Lipinski definition) is 8. The van der Waals surface area contributed by atoms with Gasteiger partial charge in [-0.1, -0.05) is 13.0 Å². The topological polar surface area (TPSA) is 111 Å². The zero-order chi connectivity index (χ0) is 24.9. The first-order chi connectivity index (χ1) is 17.7. The van der Waals surface area contributed by atoms with Crippen LogP contribution in [0, 0.1) is 11.3 Å². The van der Waals surface area contributed by atoms with E-state index in [2.05, 4.69) is 44.9 Å². The van der Waals surface area contributed by atoms with Crippen molar-refractivity contribution >= 4 is 5.69 Å². The van der Waals surface area contributed by atoms with E-state index in [4.69, 9.17) is 14.7 Å². The van der Waals surface area contributed by atoms with E-state index in [9.17, 15) is 0 Å². The largest absolute Gasteiger partial charge is 0.497 e. The molecule has 1 fully saturated rings. The molecule has 9 heteroatoms. The Balaban J connectivity index is 1.46. The second kappa shape index (κ2) is 10.4. The summed E-state index contributed by atoms with van der Waals surface area (Å²) in [5, 5.41) is 25.4. The maximum absolute atomic E-state index is 9.06. The van der Waals surface area contributed by atoms with E-state index in [1.807, 2.05) is 41.1 Å². The summed E-state index contributed by atoms with van der Waals surface area (Å²) in [6.07, 6.45) is 4.84. The highest BCUT2D eigenvalue weighted by atomic mass is 16.5. The highest BCUT2D eigenvalue weighted by Crippen LogP contribution is 2.45. The smallest absolute Gasteiger partial charge is 0.178 e. The van der Waals surface area contributed by atoms with Crippen molar-refractivity contribution in [1.29, 1.82) is 5.26 Å². The first-order valence-corrected chi connectivity index (χ1v) is 12.0. The quantitative estimate of drug-likeness (QED) is 0.328. The highest BCUT2D eigenvalue weighted by Gasteiger charge is 2.31. The van der Waals surface area contributed by atoms with Gasteiger partial charge in [-0.15, -0.1) is 5.10 Å². The third-order valence-corrected chi connectivity index (χ3v) is 6.12. The van der Waals surface area contributed by atoms with Crippen molar-refractivity contribution in [3.63, 3.8) is 0 Å². The van der Waals surface area contributed by atoms with Crippen LogP contribution < -0.4 is 14.8 Å². The lowest BCUT2D eigenvalue weighted by Crippen LogP contribution is -2.20. The first-order valence-electron chi connectivity index (χ1n) is 12.0. The van der Waals surface area contributed by atoms with Crippen LogP contribution in [0.5, 0.6) is 17.2 Å². The van der Waals surface area contributed by atoms with Crippen molar-refractivity contribution < 1.29 is 9.47 Å². The Hall–Kier alpha value is -4.45. The van der Waals surface area contributed by atoms with E-state index >= 15 is 0 Å². The molecule has 1 unspecified atom stereocenters. The number of aromatic nitrogens is 5. The number of anilines is 1. The molecule has 4 aromatic rings. The van der Waals surface area contributed by atoms with Gasteiger partial charge in [0.2, 0.25) is 0 Å². The van der Waals surface area contributed by atoms with Gasteiger partial charge in [0.25, 0.3) is 0 Å². The number of ether oxygens (including phenoxy) is 2. The molecule has 1 saturated carbocycles. The van der Waals surface area contributed by atoms with Gasteiger partial charge in [0.1, 0.15) is 35.1 Å². The van der Waals surface area contributed by atoms with Crippen LogP contribution in [0.25, 0.3) is 0 Å². The van der Waals surface area contributed by atoms with E-state index in [1.165, 1.54) is 18.4 Å². The number of nitriles is 1. The lowest BCUT2D eigenvalue weighted by molar-refractivity contribution is 0.413. The van der Waals surface area contributed by atoms with Crippen LogP contribution in [-0.4, -0.2) is 32.3 Å². The molecule has 2 aromatic heterocycles. The predicted molar refractivity (Wildman–Crippen MR) is 134 cm³/mol. The molecular weight excluding hydrogens is 454 g/mol. The average Bonchev–Trinajstić information content (AvgIpc) is 3.66. The van der Waals surface area contributed by atoms with E-state index in [0.29, 0.717) is 23.1 Å². The van der Waals surface area contributed by atoms with Gasteiger partial charge in [-0.05, 0) is 89.2 Å². The number of tetrazole rings is 1. The van der Waals surface area contributed by atoms with E-state index in [1.54, 1.807) is 25.4 Å². The monoisotopic (exact) mass is 481 g/mol. The summed E-state index contributed by atoms with van der Waals surface area (Å²) >= 11 is 0. The maximum Gasteiger partial charge on any atom is 0.178 e. The molecule has 0 spiro atoms. The zero-order valence-electron chi connectivity index (χ0n) is 20.3. The molecule has 9 nitrogen and oxygen atoms in total. The van der Waals surface area contributed by atoms with E-state index in [-0.39, 0.29) is 6.04 Å². The summed E-state index contributed by atoms with van der Waals surface area (Å²) < 4.78 is 13.3. The summed E-state index contributed by atoms with van der Waals surface area (Å²) in [5.74, 6) is 3.31. The molecule has 0 bridgehead atoms. The Morgan fingerprint density at radius 2 is 1.89 bits per heavy atom. The number of methoxy groups -OCH3 is 1. The number of nitrogens with zero attached hydrogens (tertiary/aromatic N) is 6. The van der Waals surface area contributed by atoms with Gasteiger partial charge in [0.05, 0.1) is 7.11 Å². The SMILES string of the molecule is CCCn1nnnc1C(Nc1ccc(Oc2ccnc(C#N)c2)cc1)c1cc(OC)ccc1C1CC1. The Bertz CT molecular complexity index is 1370. The molecule has 1 N–H and O–H groups in total. The third-order valence-electron chi connectivity index (χ3n) is 6.12. The number of rotatable bonds is 10. The number of hydrogen-bond donors (Lipinski definition) is 1. The zero-order valence-corrected chi connectivity index (χ0v) is 20.3. The van der Waals surface area contributed by atoms with Crippen LogP contribution in [-0.2, 0) is 6.54 Å². The summed E-state index contributed by atoms with van der Waals surface area (Å²) in [7, 11) is 1.68. The molecule has 0 saturated heterocycles. The number of nitrogens with one attached hydrogen (secondary N) is 1. The Morgan fingerprint density at radius 3 is 2.61 bits per heavy atom. The molecule has 182 valence electrons. The van der Waals surface area contributed by atoms with Crippen molar-refractivity contribution in [2.24, 2.45) is 0 Å². The van der Waals surface area contributed by atoms with Gasteiger partial charge in [-0.25, -0.2) is 9.67 Å². The number of benzene rings is 2. The van der Waals surface area contributed by atoms with Crippen molar-refractivity contribution in [2.75, 3.05) is 12.4 Å². The van der Waals surface area contributed by atoms with Crippen molar-refractivity contribution in [3.8, 4) is 23.3 Å². The molecule has 1 atom stereocenters. The van der Waals surface area contributed by atoms with Crippen molar-refractivity contribution in [2.45, 2.75) is 44.7 Å². The number of aryl methyl sites for hydroxylation is 1. The fourth-order valence-corrected chi connectivity index (χ4v) is 4.22. The number of pyridine rings is 1. The fourth-order valence-electron chi connectivity index (χ4n) is 4.22. The van der Waals surface area contributed by atoms with Gasteiger partial charge < -0.3 is 14.8 Å². The summed E-state index contributed by atoms with van der Waals surface area (Å²) in [6.45, 7) is 2.84. The molecule has 0 aliphatic heterocycles. The molecule has 0 amide bonds. The second-order valence-electron chi connectivity index (χ2n) is 8.72. The maximum atomic E-state index is 9.06. The van der Waals surface area contributed by atoms with Crippen LogP contribution in [0.1, 0.15) is 60.8 Å². The molecule has 1 aliphatic carbocycles. The van der Waals surface area contributed by atoms with Crippen LogP contribution >= 0.6 is 0 Å². The van der Waals surface area contributed by atoms with Crippen molar-refractivity contribution in [3.05, 3.63) is 83.4 Å². The Kier molecular flexibility index (Phi) is 6.76. The molecule has 5 rings (SSSR count). The van der Waals surface area contributed by atoms with E-state index in [0.717, 1.165) is 35.8 Å². The van der Waals surface area contributed by atoms with Crippen molar-refractivity contribution in [1.82, 2.24) is 25.2 Å². The van der Waals surface area contributed by atoms with E-state index < -0.39 is 0 Å². The minimum absolute atomic E-state index is 0.262. The van der Waals surface area contributed by atoms with Crippen LogP contribution in [0.15, 0.2) is 60.8 Å². The highest BCUT2D eigenvalue weighted by molar-refractivity contribution is 5.53. The molecule has 0 radical (unpaired) electrons. The molecule has 2 heterocycles. The summed E-state index contributed by atoms with van der Waals surface area (Å²) in [6, 6.07) is 19.0. The summed E-state index contributed by atoms with van der Waals surface area (Å²) in [5.41, 5.74) is 3.62. The van der Waals surface area contributed by atoms with Crippen LogP contribution in [0.3, 0.4) is 0 Å². The molecule has 2 aromatic carbocycles. The Morgan fingerprint density at radius 1 is 1.08 bits per heavy atom. The van der Waals surface area contributed by atoms with Gasteiger partial charge >= 0.3 is 0 Å². The molecule has 1 aliphatic rings. The lowest BCUT2D eigenvalue weighted by atomic mass is 9.95. The molecule has 36 heavy (non-hydrogen) atoms. The third kappa shape index (κ3) is 5.13.